The molecule has 0 saturated carbocycles. The third-order valence-corrected chi connectivity index (χ3v) is 5.80. The number of hydrogen-bond acceptors (Lipinski definition) is 5. The van der Waals surface area contributed by atoms with Gasteiger partial charge in [0.25, 0.3) is 0 Å². The zero-order valence-electron chi connectivity index (χ0n) is 13.9. The first kappa shape index (κ1) is 17.3. The maximum Gasteiger partial charge on any atom is 0.167 e. The number of hydrazone groups is 1. The van der Waals surface area contributed by atoms with E-state index in [-0.39, 0.29) is 0 Å². The normalized spacial score (nSPS) is 14.1. The number of fused-ring (bicyclic) bond motifs is 2. The summed E-state index contributed by atoms with van der Waals surface area (Å²) in [4.78, 5) is 10.1. The van der Waals surface area contributed by atoms with Crippen LogP contribution in [0.1, 0.15) is 5.56 Å². The van der Waals surface area contributed by atoms with Crippen LogP contribution in [0.2, 0.25) is 5.02 Å². The van der Waals surface area contributed by atoms with Gasteiger partial charge in [0.2, 0.25) is 0 Å². The second kappa shape index (κ2) is 7.27. The highest BCUT2D eigenvalue weighted by molar-refractivity contribution is 7.99. The molecular formula is C19H14Cl2N4S. The molecule has 4 nitrogen and oxygen atoms in total. The van der Waals surface area contributed by atoms with Crippen LogP contribution in [0.4, 0.5) is 5.82 Å². The molecule has 4 rings (SSSR count). The standard InChI is InChI=1S/C19H14Cl2N4S/c1-25(18-10-22-15-4-2-3-5-16(15)24-18)23-9-12-11-26-17-7-6-13(20)8-14(17)19(12)21/h2-10H,11H2,1H3. The van der Waals surface area contributed by atoms with Crippen LogP contribution in [-0.2, 0) is 0 Å². The maximum absolute atomic E-state index is 6.56. The molecule has 1 aliphatic heterocycles. The molecule has 0 bridgehead atoms. The summed E-state index contributed by atoms with van der Waals surface area (Å²) in [5.74, 6) is 1.43. The monoisotopic (exact) mass is 400 g/mol. The van der Waals surface area contributed by atoms with Gasteiger partial charge in [-0.25, -0.2) is 9.99 Å². The predicted molar refractivity (Wildman–Crippen MR) is 111 cm³/mol. The Hall–Kier alpha value is -2.08. The molecule has 2 heterocycles. The number of para-hydroxylation sites is 2. The van der Waals surface area contributed by atoms with Crippen molar-refractivity contribution in [1.82, 2.24) is 9.97 Å². The molecule has 0 radical (unpaired) electrons. The molecule has 0 spiro atoms. The molecule has 7 heteroatoms. The molecule has 0 N–H and O–H groups in total. The van der Waals surface area contributed by atoms with Gasteiger partial charge in [0.15, 0.2) is 5.82 Å². The number of hydrogen-bond donors (Lipinski definition) is 0. The van der Waals surface area contributed by atoms with Crippen molar-refractivity contribution in [2.45, 2.75) is 4.90 Å². The third kappa shape index (κ3) is 3.43. The highest BCUT2D eigenvalue weighted by Gasteiger charge is 2.17. The van der Waals surface area contributed by atoms with E-state index in [9.17, 15) is 0 Å². The highest BCUT2D eigenvalue weighted by Crippen LogP contribution is 2.39. The molecule has 1 aliphatic rings. The molecule has 0 saturated heterocycles. The summed E-state index contributed by atoms with van der Waals surface area (Å²) in [5.41, 5.74) is 3.59. The zero-order valence-corrected chi connectivity index (χ0v) is 16.2. The van der Waals surface area contributed by atoms with Gasteiger partial charge in [-0.05, 0) is 30.3 Å². The van der Waals surface area contributed by atoms with E-state index >= 15 is 0 Å². The smallest absolute Gasteiger partial charge is 0.167 e. The second-order valence-electron chi connectivity index (χ2n) is 5.75. The molecular weight excluding hydrogens is 387 g/mol. The number of aromatic nitrogens is 2. The van der Waals surface area contributed by atoms with E-state index in [4.69, 9.17) is 23.2 Å². The van der Waals surface area contributed by atoms with Gasteiger partial charge in [-0.3, -0.25) is 4.98 Å². The van der Waals surface area contributed by atoms with Gasteiger partial charge in [-0.1, -0.05) is 35.3 Å². The van der Waals surface area contributed by atoms with Crippen molar-refractivity contribution < 1.29 is 0 Å². The summed E-state index contributed by atoms with van der Waals surface area (Å²) >= 11 is 14.4. The topological polar surface area (TPSA) is 41.4 Å². The number of halogens is 2. The Morgan fingerprint density at radius 2 is 1.96 bits per heavy atom. The third-order valence-electron chi connectivity index (χ3n) is 4.00. The molecule has 130 valence electrons. The van der Waals surface area contributed by atoms with Crippen molar-refractivity contribution in [3.05, 3.63) is 64.8 Å². The lowest BCUT2D eigenvalue weighted by atomic mass is 10.1. The van der Waals surface area contributed by atoms with E-state index in [1.54, 1.807) is 29.2 Å². The Morgan fingerprint density at radius 1 is 1.15 bits per heavy atom. The van der Waals surface area contributed by atoms with Crippen molar-refractivity contribution in [2.24, 2.45) is 5.10 Å². The van der Waals surface area contributed by atoms with E-state index < -0.39 is 0 Å². The van der Waals surface area contributed by atoms with Crippen molar-refractivity contribution >= 4 is 63.1 Å². The average Bonchev–Trinajstić information content (AvgIpc) is 2.67. The lowest BCUT2D eigenvalue weighted by Crippen LogP contribution is -2.12. The van der Waals surface area contributed by atoms with E-state index in [1.165, 1.54) is 0 Å². The number of anilines is 1. The van der Waals surface area contributed by atoms with Gasteiger partial charge < -0.3 is 0 Å². The van der Waals surface area contributed by atoms with Gasteiger partial charge in [-0.15, -0.1) is 11.8 Å². The highest BCUT2D eigenvalue weighted by atomic mass is 35.5. The van der Waals surface area contributed by atoms with Crippen LogP contribution in [0, 0.1) is 0 Å². The predicted octanol–water partition coefficient (Wildman–Crippen LogP) is 5.46. The maximum atomic E-state index is 6.56. The minimum atomic E-state index is 0.670. The van der Waals surface area contributed by atoms with Gasteiger partial charge in [-0.2, -0.15) is 5.10 Å². The summed E-state index contributed by atoms with van der Waals surface area (Å²) in [6.07, 6.45) is 3.48. The van der Waals surface area contributed by atoms with Crippen LogP contribution in [0.15, 0.2) is 64.2 Å². The summed E-state index contributed by atoms with van der Waals surface area (Å²) in [6.45, 7) is 0. The van der Waals surface area contributed by atoms with E-state index in [0.29, 0.717) is 15.9 Å². The van der Waals surface area contributed by atoms with Gasteiger partial charge >= 0.3 is 0 Å². The molecule has 1 aromatic heterocycles. The molecule has 2 aromatic carbocycles. The lowest BCUT2D eigenvalue weighted by molar-refractivity contribution is 0.981. The first-order valence-electron chi connectivity index (χ1n) is 7.93. The van der Waals surface area contributed by atoms with Crippen molar-refractivity contribution in [3.8, 4) is 0 Å². The summed E-state index contributed by atoms with van der Waals surface area (Å²) in [6, 6.07) is 13.5. The number of nitrogens with zero attached hydrogens (tertiary/aromatic N) is 4. The Morgan fingerprint density at radius 3 is 2.81 bits per heavy atom. The van der Waals surface area contributed by atoms with E-state index in [2.05, 4.69) is 15.1 Å². The number of rotatable bonds is 3. The Kier molecular flexibility index (Phi) is 4.85. The minimum Gasteiger partial charge on any atom is -0.251 e. The molecule has 0 amide bonds. The molecule has 0 atom stereocenters. The van der Waals surface area contributed by atoms with Crippen LogP contribution >= 0.6 is 35.0 Å². The minimum absolute atomic E-state index is 0.670. The van der Waals surface area contributed by atoms with Gasteiger partial charge in [0.1, 0.15) is 0 Å². The molecule has 26 heavy (non-hydrogen) atoms. The largest absolute Gasteiger partial charge is 0.251 e. The quantitative estimate of drug-likeness (QED) is 0.432. The summed E-state index contributed by atoms with van der Waals surface area (Å²) in [7, 11) is 1.84. The summed E-state index contributed by atoms with van der Waals surface area (Å²) < 4.78 is 0. The van der Waals surface area contributed by atoms with Crippen LogP contribution < -0.4 is 5.01 Å². The summed E-state index contributed by atoms with van der Waals surface area (Å²) in [5, 5.41) is 7.53. The van der Waals surface area contributed by atoms with Gasteiger partial charge in [0.05, 0.1) is 28.5 Å². The SMILES string of the molecule is CN(N=CC1=C(Cl)c2cc(Cl)ccc2SC1)c1cnc2ccccc2n1. The van der Waals surface area contributed by atoms with E-state index in [0.717, 1.165) is 32.8 Å². The van der Waals surface area contributed by atoms with Crippen molar-refractivity contribution in [3.63, 3.8) is 0 Å². The van der Waals surface area contributed by atoms with Crippen LogP contribution in [0.25, 0.3) is 16.1 Å². The fourth-order valence-corrected chi connectivity index (χ4v) is 4.19. The number of benzene rings is 2. The molecule has 0 fully saturated rings. The molecule has 0 aliphatic carbocycles. The lowest BCUT2D eigenvalue weighted by Gasteiger charge is -2.18. The molecule has 3 aromatic rings. The fourth-order valence-electron chi connectivity index (χ4n) is 2.60. The molecule has 0 unspecified atom stereocenters. The zero-order chi connectivity index (χ0) is 18.1. The van der Waals surface area contributed by atoms with Crippen molar-refractivity contribution in [1.29, 1.82) is 0 Å². The van der Waals surface area contributed by atoms with Crippen LogP contribution in [-0.4, -0.2) is 29.0 Å². The Labute approximate surface area is 165 Å². The van der Waals surface area contributed by atoms with Crippen LogP contribution in [0.3, 0.4) is 0 Å². The van der Waals surface area contributed by atoms with Gasteiger partial charge in [0, 0.05) is 33.9 Å². The second-order valence-corrected chi connectivity index (χ2v) is 7.59. The first-order chi connectivity index (χ1) is 12.6. The average molecular weight is 401 g/mol. The Balaban J connectivity index is 1.61. The van der Waals surface area contributed by atoms with Crippen LogP contribution in [0.5, 0.6) is 0 Å². The Bertz CT molecular complexity index is 1050. The first-order valence-corrected chi connectivity index (χ1v) is 9.67. The number of thioether (sulfide) groups is 1. The van der Waals surface area contributed by atoms with Crippen molar-refractivity contribution in [2.75, 3.05) is 17.8 Å². The fraction of sp³-hybridized carbons (Fsp3) is 0.105. The van der Waals surface area contributed by atoms with E-state index in [1.807, 2.05) is 49.5 Å².